The monoisotopic (exact) mass is 353 g/mol. The molecule has 1 aliphatic carbocycles. The number of amides is 1. The van der Waals surface area contributed by atoms with Crippen molar-refractivity contribution >= 4 is 16.8 Å². The van der Waals surface area contributed by atoms with Gasteiger partial charge in [0.15, 0.2) is 5.82 Å². The minimum atomic E-state index is -0.452. The number of aryl methyl sites for hydroxylation is 2. The van der Waals surface area contributed by atoms with E-state index in [2.05, 4.69) is 20.5 Å². The van der Waals surface area contributed by atoms with Gasteiger partial charge in [0, 0.05) is 42.5 Å². The van der Waals surface area contributed by atoms with Crippen LogP contribution >= 0.6 is 0 Å². The summed E-state index contributed by atoms with van der Waals surface area (Å²) in [7, 11) is 1.93. The molecule has 1 aliphatic rings. The third-order valence-corrected chi connectivity index (χ3v) is 5.30. The molecule has 26 heavy (non-hydrogen) atoms. The predicted molar refractivity (Wildman–Crippen MR) is 97.8 cm³/mol. The van der Waals surface area contributed by atoms with Crippen LogP contribution in [0.15, 0.2) is 30.5 Å². The van der Waals surface area contributed by atoms with E-state index in [9.17, 15) is 9.90 Å². The van der Waals surface area contributed by atoms with Gasteiger partial charge in [0.2, 0.25) is 0 Å². The highest BCUT2D eigenvalue weighted by molar-refractivity contribution is 6.06. The van der Waals surface area contributed by atoms with Crippen molar-refractivity contribution in [1.29, 1.82) is 0 Å². The number of fused-ring (bicyclic) bond motifs is 1. The fourth-order valence-electron chi connectivity index (χ4n) is 3.92. The molecule has 2 aromatic heterocycles. The molecule has 1 fully saturated rings. The third-order valence-electron chi connectivity index (χ3n) is 5.30. The van der Waals surface area contributed by atoms with E-state index in [1.165, 1.54) is 0 Å². The molecule has 2 heterocycles. The average molecular weight is 353 g/mol. The fourth-order valence-corrected chi connectivity index (χ4v) is 3.92. The highest BCUT2D eigenvalue weighted by Gasteiger charge is 2.36. The zero-order valence-corrected chi connectivity index (χ0v) is 14.9. The molecule has 1 aromatic carbocycles. The number of carbonyl (C=O) groups is 1. The Morgan fingerprint density at radius 1 is 1.38 bits per heavy atom. The lowest BCUT2D eigenvalue weighted by atomic mass is 10.0. The lowest BCUT2D eigenvalue weighted by molar-refractivity contribution is 0.0918. The van der Waals surface area contributed by atoms with Crippen LogP contribution in [0.2, 0.25) is 0 Å². The normalized spacial score (nSPS) is 22.8. The second-order valence-electron chi connectivity index (χ2n) is 7.16. The number of nitrogens with one attached hydrogen (secondary N) is 2. The van der Waals surface area contributed by atoms with Crippen LogP contribution in [0.3, 0.4) is 0 Å². The number of carbonyl (C=O) groups excluding carboxylic acids is 1. The van der Waals surface area contributed by atoms with Gasteiger partial charge in [-0.05, 0) is 25.8 Å². The Morgan fingerprint density at radius 3 is 2.96 bits per heavy atom. The molecule has 0 radical (unpaired) electrons. The molecular weight excluding hydrogens is 330 g/mol. The smallest absolute Gasteiger partial charge is 0.253 e. The van der Waals surface area contributed by atoms with E-state index >= 15 is 0 Å². The Hall–Kier alpha value is -2.67. The summed E-state index contributed by atoms with van der Waals surface area (Å²) in [6.45, 7) is 2.31. The van der Waals surface area contributed by atoms with E-state index < -0.39 is 6.10 Å². The van der Waals surface area contributed by atoms with Crippen LogP contribution in [0.1, 0.15) is 40.8 Å². The maximum Gasteiger partial charge on any atom is 0.253 e. The fraction of sp³-hybridized carbons (Fsp3) is 0.421. The highest BCUT2D eigenvalue weighted by atomic mass is 16.3. The van der Waals surface area contributed by atoms with Gasteiger partial charge < -0.3 is 15.0 Å². The Bertz CT molecular complexity index is 944. The molecule has 7 heteroatoms. The summed E-state index contributed by atoms with van der Waals surface area (Å²) >= 11 is 0. The summed E-state index contributed by atoms with van der Waals surface area (Å²) in [6.07, 6.45) is 2.80. The number of hydrogen-bond donors (Lipinski definition) is 3. The van der Waals surface area contributed by atoms with Gasteiger partial charge >= 0.3 is 0 Å². The van der Waals surface area contributed by atoms with Crippen LogP contribution in [0.25, 0.3) is 10.9 Å². The van der Waals surface area contributed by atoms with Crippen LogP contribution in [0.4, 0.5) is 0 Å². The highest BCUT2D eigenvalue weighted by Crippen LogP contribution is 2.36. The summed E-state index contributed by atoms with van der Waals surface area (Å²) in [5.74, 6) is 1.57. The Labute approximate surface area is 151 Å². The lowest BCUT2D eigenvalue weighted by Gasteiger charge is -2.14. The number of aliphatic hydroxyl groups is 1. The zero-order valence-electron chi connectivity index (χ0n) is 14.9. The van der Waals surface area contributed by atoms with Gasteiger partial charge in [0.1, 0.15) is 5.82 Å². The Morgan fingerprint density at radius 2 is 2.19 bits per heavy atom. The van der Waals surface area contributed by atoms with Crippen molar-refractivity contribution in [2.75, 3.05) is 6.54 Å². The molecule has 0 spiro atoms. The van der Waals surface area contributed by atoms with Crippen LogP contribution in [0.5, 0.6) is 0 Å². The summed E-state index contributed by atoms with van der Waals surface area (Å²) in [5, 5.41) is 21.4. The van der Waals surface area contributed by atoms with Crippen molar-refractivity contribution in [2.45, 2.75) is 31.8 Å². The van der Waals surface area contributed by atoms with Gasteiger partial charge in [-0.25, -0.2) is 4.98 Å². The van der Waals surface area contributed by atoms with E-state index in [-0.39, 0.29) is 17.7 Å². The molecule has 0 bridgehead atoms. The summed E-state index contributed by atoms with van der Waals surface area (Å²) < 4.78 is 1.95. The minimum absolute atomic E-state index is 0.0118. The van der Waals surface area contributed by atoms with Crippen LogP contribution in [-0.4, -0.2) is 43.4 Å². The standard InChI is InChI=1S/C19H23N5O2/c1-11-21-18(23-22-11)12-7-13(17(25)8-12)9-20-19(26)15-10-24(2)16-6-4-3-5-14(15)16/h3-6,10,12-13,17,25H,7-9H2,1-2H3,(H,20,26)(H,21,22,23)/t12-,13+,17+/m0/s1. The predicted octanol–water partition coefficient (Wildman–Crippen LogP) is 1.89. The molecule has 0 unspecified atom stereocenters. The summed E-state index contributed by atoms with van der Waals surface area (Å²) in [6, 6.07) is 7.85. The first kappa shape index (κ1) is 16.8. The first-order chi connectivity index (χ1) is 12.5. The molecule has 7 nitrogen and oxygen atoms in total. The maximum absolute atomic E-state index is 12.7. The SMILES string of the molecule is Cc1nc([C@H]2C[C@H](CNC(=O)c3cn(C)c4ccccc34)[C@H](O)C2)n[nH]1. The van der Waals surface area contributed by atoms with Crippen molar-refractivity contribution in [2.24, 2.45) is 13.0 Å². The largest absolute Gasteiger partial charge is 0.393 e. The average Bonchev–Trinajstić information content (AvgIpc) is 3.31. The van der Waals surface area contributed by atoms with Gasteiger partial charge in [-0.3, -0.25) is 9.89 Å². The van der Waals surface area contributed by atoms with Gasteiger partial charge in [-0.2, -0.15) is 5.10 Å². The van der Waals surface area contributed by atoms with E-state index in [4.69, 9.17) is 0 Å². The number of aromatic nitrogens is 4. The van der Waals surface area contributed by atoms with Gasteiger partial charge in [0.05, 0.1) is 11.7 Å². The number of aliphatic hydroxyl groups excluding tert-OH is 1. The number of hydrogen-bond acceptors (Lipinski definition) is 4. The molecule has 0 aliphatic heterocycles. The second-order valence-corrected chi connectivity index (χ2v) is 7.16. The number of benzene rings is 1. The number of nitrogens with zero attached hydrogens (tertiary/aromatic N) is 3. The van der Waals surface area contributed by atoms with Crippen LogP contribution in [0, 0.1) is 12.8 Å². The number of aromatic amines is 1. The summed E-state index contributed by atoms with van der Waals surface area (Å²) in [5.41, 5.74) is 1.69. The van der Waals surface area contributed by atoms with Gasteiger partial charge in [-0.15, -0.1) is 0 Å². The Kier molecular flexibility index (Phi) is 4.24. The lowest BCUT2D eigenvalue weighted by Crippen LogP contribution is -2.32. The van der Waals surface area contributed by atoms with Gasteiger partial charge in [-0.1, -0.05) is 18.2 Å². The molecule has 3 aromatic rings. The maximum atomic E-state index is 12.7. The molecule has 1 saturated carbocycles. The van der Waals surface area contributed by atoms with Crippen molar-refractivity contribution < 1.29 is 9.90 Å². The first-order valence-corrected chi connectivity index (χ1v) is 8.92. The second kappa shape index (κ2) is 6.57. The molecule has 136 valence electrons. The molecular formula is C19H23N5O2. The topological polar surface area (TPSA) is 95.8 Å². The van der Waals surface area contributed by atoms with Crippen molar-refractivity contribution in [1.82, 2.24) is 25.1 Å². The van der Waals surface area contributed by atoms with Crippen molar-refractivity contribution in [3.8, 4) is 0 Å². The zero-order chi connectivity index (χ0) is 18.3. The molecule has 3 atom stereocenters. The van der Waals surface area contributed by atoms with E-state index in [1.807, 2.05) is 49.0 Å². The first-order valence-electron chi connectivity index (χ1n) is 8.92. The quantitative estimate of drug-likeness (QED) is 0.667. The van der Waals surface area contributed by atoms with Crippen molar-refractivity contribution in [3.05, 3.63) is 47.7 Å². The molecule has 4 rings (SSSR count). The number of rotatable bonds is 4. The Balaban J connectivity index is 1.43. The third kappa shape index (κ3) is 2.99. The number of H-pyrrole nitrogens is 1. The number of para-hydroxylation sites is 1. The van der Waals surface area contributed by atoms with Crippen molar-refractivity contribution in [3.63, 3.8) is 0 Å². The summed E-state index contributed by atoms with van der Waals surface area (Å²) in [4.78, 5) is 17.0. The molecule has 1 amide bonds. The van der Waals surface area contributed by atoms with E-state index in [1.54, 1.807) is 0 Å². The van der Waals surface area contributed by atoms with E-state index in [0.717, 1.165) is 29.0 Å². The van der Waals surface area contributed by atoms with Crippen LogP contribution in [-0.2, 0) is 7.05 Å². The molecule has 0 saturated heterocycles. The van der Waals surface area contributed by atoms with Gasteiger partial charge in [0.25, 0.3) is 5.91 Å². The van der Waals surface area contributed by atoms with E-state index in [0.29, 0.717) is 18.5 Å². The minimum Gasteiger partial charge on any atom is -0.393 e. The van der Waals surface area contributed by atoms with Crippen LogP contribution < -0.4 is 5.32 Å². The molecule has 3 N–H and O–H groups in total.